The van der Waals surface area contributed by atoms with Gasteiger partial charge in [-0.25, -0.2) is 4.98 Å². The van der Waals surface area contributed by atoms with Crippen molar-refractivity contribution in [3.05, 3.63) is 54.4 Å². The molecule has 0 fully saturated rings. The zero-order chi connectivity index (χ0) is 23.2. The number of ether oxygens (including phenoxy) is 1. The number of aryl methyl sites for hydroxylation is 1. The second-order valence-electron chi connectivity index (χ2n) is 6.96. The van der Waals surface area contributed by atoms with Gasteiger partial charge in [-0.05, 0) is 30.3 Å². The number of aromatic nitrogens is 5. The SMILES string of the molecule is Cn1c(Nc2nc3ccc(OC(F)(F)F)cc3o2)nc2cc(C(=O)Nc3cn[nH]c3)ccc21. The summed E-state index contributed by atoms with van der Waals surface area (Å²) in [7, 11) is 1.75. The molecule has 5 aromatic rings. The fraction of sp³-hybridized carbons (Fsp3) is 0.100. The highest BCUT2D eigenvalue weighted by molar-refractivity contribution is 6.06. The van der Waals surface area contributed by atoms with Crippen LogP contribution >= 0.6 is 0 Å². The first kappa shape index (κ1) is 20.4. The molecular weight excluding hydrogens is 443 g/mol. The smallest absolute Gasteiger partial charge is 0.423 e. The molecule has 33 heavy (non-hydrogen) atoms. The summed E-state index contributed by atoms with van der Waals surface area (Å²) < 4.78 is 48.4. The number of carbonyl (C=O) groups is 1. The molecule has 168 valence electrons. The Morgan fingerprint density at radius 2 is 2.00 bits per heavy atom. The molecular formula is C20H14F3N7O3. The Bertz CT molecular complexity index is 1470. The lowest BCUT2D eigenvalue weighted by Crippen LogP contribution is -2.16. The molecule has 3 N–H and O–H groups in total. The van der Waals surface area contributed by atoms with Crippen molar-refractivity contribution in [3.8, 4) is 5.75 Å². The zero-order valence-electron chi connectivity index (χ0n) is 16.8. The van der Waals surface area contributed by atoms with Crippen LogP contribution in [-0.2, 0) is 7.05 Å². The first-order valence-electron chi connectivity index (χ1n) is 9.45. The number of H-pyrrole nitrogens is 1. The largest absolute Gasteiger partial charge is 0.573 e. The number of anilines is 3. The number of hydrogen-bond donors (Lipinski definition) is 3. The van der Waals surface area contributed by atoms with Crippen LogP contribution in [0.3, 0.4) is 0 Å². The maximum absolute atomic E-state index is 12.4. The number of nitrogens with zero attached hydrogens (tertiary/aromatic N) is 4. The lowest BCUT2D eigenvalue weighted by molar-refractivity contribution is -0.274. The number of carbonyl (C=O) groups excluding carboxylic acids is 1. The number of nitrogens with one attached hydrogen (secondary N) is 3. The minimum atomic E-state index is -4.81. The minimum absolute atomic E-state index is 0.0329. The van der Waals surface area contributed by atoms with Gasteiger partial charge in [0.1, 0.15) is 11.3 Å². The first-order valence-corrected chi connectivity index (χ1v) is 9.45. The molecule has 2 aromatic carbocycles. The van der Waals surface area contributed by atoms with E-state index in [1.54, 1.807) is 36.0 Å². The van der Waals surface area contributed by atoms with E-state index in [0.717, 1.165) is 17.6 Å². The van der Waals surface area contributed by atoms with Gasteiger partial charge >= 0.3 is 12.4 Å². The number of oxazole rings is 1. The molecule has 0 saturated heterocycles. The number of halogens is 3. The predicted molar refractivity (Wildman–Crippen MR) is 111 cm³/mol. The quantitative estimate of drug-likeness (QED) is 0.359. The Balaban J connectivity index is 1.40. The number of hydrogen-bond acceptors (Lipinski definition) is 7. The van der Waals surface area contributed by atoms with E-state index in [1.165, 1.54) is 12.3 Å². The normalized spacial score (nSPS) is 11.8. The van der Waals surface area contributed by atoms with E-state index in [0.29, 0.717) is 28.2 Å². The molecule has 0 bridgehead atoms. The van der Waals surface area contributed by atoms with Gasteiger partial charge < -0.3 is 19.0 Å². The number of benzene rings is 2. The van der Waals surface area contributed by atoms with Crippen molar-refractivity contribution in [2.45, 2.75) is 6.36 Å². The van der Waals surface area contributed by atoms with E-state index in [9.17, 15) is 18.0 Å². The number of alkyl halides is 3. The Kier molecular flexibility index (Phi) is 4.65. The molecule has 0 radical (unpaired) electrons. The molecule has 3 heterocycles. The zero-order valence-corrected chi connectivity index (χ0v) is 16.8. The van der Waals surface area contributed by atoms with Crippen molar-refractivity contribution < 1.29 is 27.1 Å². The van der Waals surface area contributed by atoms with E-state index >= 15 is 0 Å². The van der Waals surface area contributed by atoms with Gasteiger partial charge in [-0.2, -0.15) is 10.1 Å². The van der Waals surface area contributed by atoms with E-state index in [1.807, 2.05) is 0 Å². The lowest BCUT2D eigenvalue weighted by Gasteiger charge is -2.07. The average Bonchev–Trinajstić information content (AvgIpc) is 3.46. The maximum atomic E-state index is 12.4. The van der Waals surface area contributed by atoms with E-state index in [-0.39, 0.29) is 17.5 Å². The van der Waals surface area contributed by atoms with Gasteiger partial charge in [0, 0.05) is 24.9 Å². The third-order valence-corrected chi connectivity index (χ3v) is 4.71. The topological polar surface area (TPSA) is 123 Å². The minimum Gasteiger partial charge on any atom is -0.423 e. The number of imidazole rings is 1. The van der Waals surface area contributed by atoms with Crippen molar-refractivity contribution in [1.29, 1.82) is 0 Å². The van der Waals surface area contributed by atoms with Crippen LogP contribution in [0.5, 0.6) is 5.75 Å². The lowest BCUT2D eigenvalue weighted by atomic mass is 10.2. The summed E-state index contributed by atoms with van der Waals surface area (Å²) in [5.41, 5.74) is 2.64. The molecule has 0 saturated carbocycles. The molecule has 5 rings (SSSR count). The summed E-state index contributed by atoms with van der Waals surface area (Å²) in [5.74, 6) is -0.383. The van der Waals surface area contributed by atoms with Gasteiger partial charge in [0.25, 0.3) is 5.91 Å². The van der Waals surface area contributed by atoms with Crippen LogP contribution in [-0.4, -0.2) is 37.0 Å². The number of aromatic amines is 1. The highest BCUT2D eigenvalue weighted by atomic mass is 19.4. The summed E-state index contributed by atoms with van der Waals surface area (Å²) in [6, 6.07) is 8.66. The van der Waals surface area contributed by atoms with Gasteiger partial charge in [0.15, 0.2) is 5.58 Å². The second-order valence-corrected chi connectivity index (χ2v) is 6.96. The summed E-state index contributed by atoms with van der Waals surface area (Å²) in [5, 5.41) is 12.0. The Morgan fingerprint density at radius 3 is 2.76 bits per heavy atom. The van der Waals surface area contributed by atoms with Crippen LogP contribution in [0, 0.1) is 0 Å². The van der Waals surface area contributed by atoms with Crippen molar-refractivity contribution in [1.82, 2.24) is 24.7 Å². The van der Waals surface area contributed by atoms with Gasteiger partial charge in [-0.15, -0.1) is 13.2 Å². The highest BCUT2D eigenvalue weighted by Crippen LogP contribution is 2.29. The number of fused-ring (bicyclic) bond motifs is 2. The van der Waals surface area contributed by atoms with Crippen LogP contribution in [0.25, 0.3) is 22.1 Å². The van der Waals surface area contributed by atoms with Crippen molar-refractivity contribution in [3.63, 3.8) is 0 Å². The van der Waals surface area contributed by atoms with Crippen LogP contribution in [0.4, 0.5) is 30.8 Å². The summed E-state index contributed by atoms with van der Waals surface area (Å²) >= 11 is 0. The number of rotatable bonds is 5. The van der Waals surface area contributed by atoms with Gasteiger partial charge in [0.2, 0.25) is 5.95 Å². The van der Waals surface area contributed by atoms with Gasteiger partial charge in [-0.3, -0.25) is 15.2 Å². The monoisotopic (exact) mass is 457 g/mol. The maximum Gasteiger partial charge on any atom is 0.573 e. The second kappa shape index (κ2) is 7.55. The molecule has 0 unspecified atom stereocenters. The Hall–Kier alpha value is -4.55. The van der Waals surface area contributed by atoms with Crippen molar-refractivity contribution in [2.24, 2.45) is 7.05 Å². The molecule has 0 spiro atoms. The Morgan fingerprint density at radius 1 is 1.15 bits per heavy atom. The van der Waals surface area contributed by atoms with Gasteiger partial charge in [0.05, 0.1) is 22.9 Å². The Labute approximate surface area is 182 Å². The third kappa shape index (κ3) is 4.15. The van der Waals surface area contributed by atoms with E-state index in [4.69, 9.17) is 4.42 Å². The van der Waals surface area contributed by atoms with Crippen molar-refractivity contribution in [2.75, 3.05) is 10.6 Å². The molecule has 1 amide bonds. The highest BCUT2D eigenvalue weighted by Gasteiger charge is 2.31. The molecule has 0 aliphatic carbocycles. The van der Waals surface area contributed by atoms with Crippen LogP contribution in [0.2, 0.25) is 0 Å². The molecule has 0 atom stereocenters. The predicted octanol–water partition coefficient (Wildman–Crippen LogP) is 4.33. The summed E-state index contributed by atoms with van der Waals surface area (Å²) in [6.45, 7) is 0. The van der Waals surface area contributed by atoms with Crippen LogP contribution in [0.1, 0.15) is 10.4 Å². The van der Waals surface area contributed by atoms with E-state index < -0.39 is 12.1 Å². The molecule has 3 aromatic heterocycles. The fourth-order valence-electron chi connectivity index (χ4n) is 3.23. The standard InChI is InChI=1S/C20H14F3N7O3/c1-30-15-5-2-10(17(31)26-11-8-24-25-9-11)6-14(15)27-18(30)29-19-28-13-4-3-12(7-16(13)32-19)33-20(21,22)23/h2-9H,1H3,(H,24,25)(H,26,31)(H,27,28,29). The van der Waals surface area contributed by atoms with Crippen LogP contribution < -0.4 is 15.4 Å². The first-order chi connectivity index (χ1) is 15.7. The third-order valence-electron chi connectivity index (χ3n) is 4.71. The summed E-state index contributed by atoms with van der Waals surface area (Å²) in [4.78, 5) is 21.1. The van der Waals surface area contributed by atoms with Crippen molar-refractivity contribution >= 4 is 45.7 Å². The molecule has 10 nitrogen and oxygen atoms in total. The van der Waals surface area contributed by atoms with E-state index in [2.05, 4.69) is 35.5 Å². The van der Waals surface area contributed by atoms with Gasteiger partial charge in [-0.1, -0.05) is 0 Å². The summed E-state index contributed by atoms with van der Waals surface area (Å²) in [6.07, 6.45) is -1.77. The number of amides is 1. The molecule has 0 aliphatic heterocycles. The fourth-order valence-corrected chi connectivity index (χ4v) is 3.23. The molecule has 13 heteroatoms. The van der Waals surface area contributed by atoms with Crippen LogP contribution in [0.15, 0.2) is 53.2 Å². The average molecular weight is 457 g/mol. The molecule has 0 aliphatic rings.